The van der Waals surface area contributed by atoms with Crippen molar-refractivity contribution < 1.29 is 9.21 Å². The third kappa shape index (κ3) is 3.67. The van der Waals surface area contributed by atoms with E-state index in [0.29, 0.717) is 11.7 Å². The van der Waals surface area contributed by atoms with Crippen LogP contribution < -0.4 is 9.57 Å². The summed E-state index contributed by atoms with van der Waals surface area (Å²) in [5.41, 5.74) is 5.91. The molecule has 0 unspecified atom stereocenters. The number of carbonyl (C=O) groups excluding carboxylic acids is 1. The number of carbonyl (C=O) groups is 1. The zero-order valence-corrected chi connectivity index (χ0v) is 21.0. The number of hydrogen-bond donors (Lipinski definition) is 0. The van der Waals surface area contributed by atoms with Crippen molar-refractivity contribution in [2.24, 2.45) is 4.99 Å². The quantitative estimate of drug-likeness (QED) is 0.287. The lowest BCUT2D eigenvalue weighted by Crippen LogP contribution is -2.48. The highest BCUT2D eigenvalue weighted by atomic mass is 32.9. The maximum atomic E-state index is 13.5. The van der Waals surface area contributed by atoms with Gasteiger partial charge in [-0.25, -0.2) is 4.99 Å². The fraction of sp³-hybridized carbons (Fsp3) is 0.259. The maximum Gasteiger partial charge on any atom is 0.294 e. The Labute approximate surface area is 201 Å². The van der Waals surface area contributed by atoms with Crippen LogP contribution in [-0.2, 0) is 5.54 Å². The fourth-order valence-electron chi connectivity index (χ4n) is 4.35. The Morgan fingerprint density at radius 3 is 2.48 bits per heavy atom. The molecule has 168 valence electrons. The minimum atomic E-state index is -0.544. The van der Waals surface area contributed by atoms with Gasteiger partial charge in [0.1, 0.15) is 4.67 Å². The molecule has 0 bridgehead atoms. The number of furan rings is 1. The van der Waals surface area contributed by atoms with Crippen LogP contribution in [0.5, 0.6) is 0 Å². The van der Waals surface area contributed by atoms with Crippen molar-refractivity contribution >= 4 is 38.0 Å². The van der Waals surface area contributed by atoms with Gasteiger partial charge < -0.3 is 4.42 Å². The summed E-state index contributed by atoms with van der Waals surface area (Å²) >= 11 is 0. The summed E-state index contributed by atoms with van der Waals surface area (Å²) in [5.74, 6) is 0.694. The number of nitrogens with zero attached hydrogens (tertiary/aromatic N) is 2. The van der Waals surface area contributed by atoms with Crippen LogP contribution in [0.1, 0.15) is 60.2 Å². The molecule has 5 rings (SSSR count). The Bertz CT molecular complexity index is 1390. The minimum absolute atomic E-state index is 0.137. The minimum Gasteiger partial charge on any atom is -0.459 e. The molecule has 4 nitrogen and oxygen atoms in total. The second-order valence-electron chi connectivity index (χ2n) is 9.23. The first-order chi connectivity index (χ1) is 15.8. The molecule has 1 aliphatic heterocycles. The zero-order valence-electron chi connectivity index (χ0n) is 19.4. The van der Waals surface area contributed by atoms with Crippen LogP contribution in [0, 0.1) is 6.92 Å². The van der Waals surface area contributed by atoms with Crippen LogP contribution in [0.3, 0.4) is 0 Å². The molecular formula is C27H26N2O2S2. The molecule has 0 atom stereocenters. The highest BCUT2D eigenvalue weighted by Gasteiger charge is 2.44. The largest absolute Gasteiger partial charge is 0.459 e. The highest BCUT2D eigenvalue weighted by Crippen LogP contribution is 2.50. The summed E-state index contributed by atoms with van der Waals surface area (Å²) in [6.07, 6.45) is 1.54. The van der Waals surface area contributed by atoms with Crippen LogP contribution in [0.15, 0.2) is 70.3 Å². The van der Waals surface area contributed by atoms with E-state index >= 15 is 0 Å². The van der Waals surface area contributed by atoms with E-state index < -0.39 is 5.54 Å². The Kier molecular flexibility index (Phi) is 5.38. The van der Waals surface area contributed by atoms with E-state index in [0.717, 1.165) is 37.6 Å². The molecular weight excluding hydrogens is 448 g/mol. The van der Waals surface area contributed by atoms with E-state index in [9.17, 15) is 4.79 Å². The van der Waals surface area contributed by atoms with E-state index in [1.54, 1.807) is 39.1 Å². The Hall–Kier alpha value is -2.96. The number of amides is 1. The summed E-state index contributed by atoms with van der Waals surface area (Å²) in [5, 5.41) is 0. The molecule has 0 N–H and O–H groups in total. The number of aryl methyl sites for hydroxylation is 1. The predicted molar refractivity (Wildman–Crippen MR) is 137 cm³/mol. The highest BCUT2D eigenvalue weighted by molar-refractivity contribution is 7.68. The van der Waals surface area contributed by atoms with Crippen molar-refractivity contribution in [3.8, 4) is 11.1 Å². The van der Waals surface area contributed by atoms with Crippen molar-refractivity contribution in [1.29, 1.82) is 0 Å². The van der Waals surface area contributed by atoms with Crippen molar-refractivity contribution in [3.05, 3.63) is 87.3 Å². The van der Waals surface area contributed by atoms with E-state index in [1.807, 2.05) is 11.0 Å². The van der Waals surface area contributed by atoms with E-state index in [4.69, 9.17) is 9.41 Å². The van der Waals surface area contributed by atoms with Gasteiger partial charge in [0.2, 0.25) is 0 Å². The number of anilines is 1. The predicted octanol–water partition coefficient (Wildman–Crippen LogP) is 7.63. The average molecular weight is 475 g/mol. The van der Waals surface area contributed by atoms with Crippen molar-refractivity contribution in [2.75, 3.05) is 4.90 Å². The molecule has 2 aromatic heterocycles. The maximum absolute atomic E-state index is 13.5. The summed E-state index contributed by atoms with van der Waals surface area (Å²) in [7, 11) is 3.36. The molecule has 33 heavy (non-hydrogen) atoms. The van der Waals surface area contributed by atoms with Crippen molar-refractivity contribution in [1.82, 2.24) is 0 Å². The summed E-state index contributed by atoms with van der Waals surface area (Å²) in [6, 6.07) is 18.2. The Morgan fingerprint density at radius 1 is 1.06 bits per heavy atom. The SMILES string of the molecule is Cc1ccc2c(c1)-c1c(ssc1=Nc1ccc(C(C)C)cc1)C(C)(C)N2C(=O)c1ccco1. The van der Waals surface area contributed by atoms with Crippen molar-refractivity contribution in [2.45, 2.75) is 46.1 Å². The van der Waals surface area contributed by atoms with Gasteiger partial charge in [0.05, 0.1) is 28.1 Å². The van der Waals surface area contributed by atoms with E-state index in [-0.39, 0.29) is 5.91 Å². The molecule has 0 spiro atoms. The van der Waals surface area contributed by atoms with Gasteiger partial charge in [0.25, 0.3) is 5.91 Å². The molecule has 0 aliphatic carbocycles. The fourth-order valence-corrected chi connectivity index (χ4v) is 7.31. The molecule has 4 aromatic rings. The average Bonchev–Trinajstić information content (AvgIpc) is 3.45. The van der Waals surface area contributed by atoms with Crippen LogP contribution in [0.25, 0.3) is 11.1 Å². The molecule has 0 radical (unpaired) electrons. The lowest BCUT2D eigenvalue weighted by Gasteiger charge is -2.42. The second-order valence-corrected chi connectivity index (χ2v) is 11.4. The number of benzene rings is 2. The summed E-state index contributed by atoms with van der Waals surface area (Å²) in [4.78, 5) is 21.6. The first-order valence-electron chi connectivity index (χ1n) is 11.0. The molecule has 0 saturated carbocycles. The van der Waals surface area contributed by atoms with E-state index in [2.05, 4.69) is 71.0 Å². The van der Waals surface area contributed by atoms with Gasteiger partial charge in [-0.15, -0.1) is 0 Å². The van der Waals surface area contributed by atoms with Crippen LogP contribution in [0.4, 0.5) is 11.4 Å². The first-order valence-corrected chi connectivity index (χ1v) is 13.2. The number of fused-ring (bicyclic) bond motifs is 3. The van der Waals surface area contributed by atoms with Gasteiger partial charge in [-0.3, -0.25) is 9.69 Å². The molecule has 1 aliphatic rings. The summed E-state index contributed by atoms with van der Waals surface area (Å²) in [6.45, 7) is 10.7. The van der Waals surface area contributed by atoms with Gasteiger partial charge in [-0.1, -0.05) is 58.3 Å². The third-order valence-corrected chi connectivity index (χ3v) is 8.78. The summed E-state index contributed by atoms with van der Waals surface area (Å²) < 4.78 is 6.46. The monoisotopic (exact) mass is 474 g/mol. The third-order valence-electron chi connectivity index (χ3n) is 6.15. The molecule has 1 amide bonds. The van der Waals surface area contributed by atoms with Crippen LogP contribution >= 0.6 is 20.7 Å². The van der Waals surface area contributed by atoms with Crippen LogP contribution in [-0.4, -0.2) is 5.91 Å². The first kappa shape index (κ1) is 21.9. The molecule has 0 saturated heterocycles. The molecule has 2 aromatic carbocycles. The molecule has 6 heteroatoms. The smallest absolute Gasteiger partial charge is 0.294 e. The Balaban J connectivity index is 1.70. The van der Waals surface area contributed by atoms with Gasteiger partial charge in [-0.05, 0) is 68.7 Å². The van der Waals surface area contributed by atoms with Crippen molar-refractivity contribution in [3.63, 3.8) is 0 Å². The number of hydrogen-bond acceptors (Lipinski definition) is 5. The standard InChI is InChI=1S/C27H26N2O2S2/c1-16(2)18-9-11-19(12-10-18)28-25-23-20-15-17(3)8-13-21(20)29(26(30)22-7-6-14-31-22)27(4,5)24(23)32-33-25/h6-16H,1-5H3. The second kappa shape index (κ2) is 8.12. The normalized spacial score (nSPS) is 15.0. The van der Waals surface area contributed by atoms with Gasteiger partial charge in [-0.2, -0.15) is 0 Å². The topological polar surface area (TPSA) is 45.8 Å². The molecule has 0 fully saturated rings. The van der Waals surface area contributed by atoms with Gasteiger partial charge in [0.15, 0.2) is 5.76 Å². The lowest BCUT2D eigenvalue weighted by atomic mass is 9.86. The van der Waals surface area contributed by atoms with Gasteiger partial charge >= 0.3 is 0 Å². The number of rotatable bonds is 3. The zero-order chi connectivity index (χ0) is 23.3. The van der Waals surface area contributed by atoms with Crippen LogP contribution in [0.2, 0.25) is 0 Å². The van der Waals surface area contributed by atoms with Gasteiger partial charge in [0, 0.05) is 11.1 Å². The van der Waals surface area contributed by atoms with E-state index in [1.165, 1.54) is 5.56 Å². The Morgan fingerprint density at radius 2 is 1.82 bits per heavy atom. The lowest BCUT2D eigenvalue weighted by molar-refractivity contribution is 0.0934. The molecule has 3 heterocycles.